The van der Waals surface area contributed by atoms with Crippen LogP contribution in [0.1, 0.15) is 69.8 Å². The number of hydrogen-bond acceptors (Lipinski definition) is 4. The van der Waals surface area contributed by atoms with Crippen LogP contribution < -0.4 is 5.73 Å². The minimum atomic E-state index is -0.199. The van der Waals surface area contributed by atoms with Crippen LogP contribution in [0.25, 0.3) is 0 Å². The quantitative estimate of drug-likeness (QED) is 0.836. The summed E-state index contributed by atoms with van der Waals surface area (Å²) in [6.45, 7) is 6.43. The van der Waals surface area contributed by atoms with Gasteiger partial charge in [0.05, 0.1) is 11.5 Å². The Balaban J connectivity index is 2.40. The molecular weight excluding hydrogens is 262 g/mol. The summed E-state index contributed by atoms with van der Waals surface area (Å²) in [6, 6.07) is 10.2. The zero-order valence-corrected chi connectivity index (χ0v) is 13.2. The highest BCUT2D eigenvalue weighted by Crippen LogP contribution is 2.37. The van der Waals surface area contributed by atoms with Crippen LogP contribution in [0.5, 0.6) is 0 Å². The Kier molecular flexibility index (Phi) is 5.12. The molecule has 0 aliphatic rings. The first-order chi connectivity index (χ1) is 10.2. The van der Waals surface area contributed by atoms with Crippen LogP contribution in [0.15, 0.2) is 34.9 Å². The van der Waals surface area contributed by atoms with Crippen molar-refractivity contribution in [2.75, 3.05) is 0 Å². The lowest BCUT2D eigenvalue weighted by atomic mass is 9.75. The van der Waals surface area contributed by atoms with Crippen molar-refractivity contribution in [1.82, 2.24) is 10.1 Å². The molecule has 1 unspecified atom stereocenters. The van der Waals surface area contributed by atoms with Gasteiger partial charge in [-0.05, 0) is 24.8 Å². The molecule has 4 heteroatoms. The molecule has 0 radical (unpaired) electrons. The van der Waals surface area contributed by atoms with Crippen LogP contribution in [0.2, 0.25) is 0 Å². The fourth-order valence-electron chi connectivity index (χ4n) is 2.88. The molecule has 0 spiro atoms. The van der Waals surface area contributed by atoms with Crippen molar-refractivity contribution in [2.45, 2.75) is 57.9 Å². The van der Waals surface area contributed by atoms with Gasteiger partial charge in [0.1, 0.15) is 0 Å². The van der Waals surface area contributed by atoms with E-state index in [9.17, 15) is 0 Å². The van der Waals surface area contributed by atoms with Gasteiger partial charge >= 0.3 is 0 Å². The Morgan fingerprint density at radius 2 is 1.81 bits per heavy atom. The van der Waals surface area contributed by atoms with E-state index >= 15 is 0 Å². The summed E-state index contributed by atoms with van der Waals surface area (Å²) in [7, 11) is 0. The summed E-state index contributed by atoms with van der Waals surface area (Å²) in [4.78, 5) is 4.62. The average molecular weight is 287 g/mol. The normalized spacial score (nSPS) is 13.3. The molecule has 1 heterocycles. The van der Waals surface area contributed by atoms with E-state index in [0.717, 1.165) is 31.5 Å². The number of hydrogen-bond donors (Lipinski definition) is 1. The van der Waals surface area contributed by atoms with Gasteiger partial charge in [0.15, 0.2) is 5.82 Å². The highest BCUT2D eigenvalue weighted by Gasteiger charge is 2.36. The van der Waals surface area contributed by atoms with E-state index in [0.29, 0.717) is 5.89 Å². The molecule has 21 heavy (non-hydrogen) atoms. The molecule has 0 aliphatic heterocycles. The van der Waals surface area contributed by atoms with Gasteiger partial charge in [-0.3, -0.25) is 0 Å². The predicted octanol–water partition coefficient (Wildman–Crippen LogP) is 3.98. The van der Waals surface area contributed by atoms with E-state index in [-0.39, 0.29) is 11.5 Å². The molecule has 0 saturated heterocycles. The number of benzene rings is 1. The Labute approximate surface area is 126 Å². The van der Waals surface area contributed by atoms with Crippen molar-refractivity contribution in [3.63, 3.8) is 0 Å². The largest absolute Gasteiger partial charge is 0.338 e. The Morgan fingerprint density at radius 1 is 1.14 bits per heavy atom. The third-order valence-corrected chi connectivity index (χ3v) is 4.32. The average Bonchev–Trinajstić information content (AvgIpc) is 3.01. The van der Waals surface area contributed by atoms with E-state index in [1.807, 2.05) is 6.07 Å². The highest BCUT2D eigenvalue weighted by molar-refractivity contribution is 5.32. The standard InChI is InChI=1S/C17H25N3O/c1-4-10-14(18)15-19-16(20-21-15)17(5-2,6-3)13-11-8-7-9-12-13/h7-9,11-12,14H,4-6,10,18H2,1-3H3. The van der Waals surface area contributed by atoms with E-state index < -0.39 is 0 Å². The molecule has 0 fully saturated rings. The fourth-order valence-corrected chi connectivity index (χ4v) is 2.88. The molecule has 4 nitrogen and oxygen atoms in total. The van der Waals surface area contributed by atoms with Gasteiger partial charge in [-0.25, -0.2) is 0 Å². The second-order valence-electron chi connectivity index (χ2n) is 5.51. The second kappa shape index (κ2) is 6.85. The topological polar surface area (TPSA) is 64.9 Å². The maximum Gasteiger partial charge on any atom is 0.243 e. The van der Waals surface area contributed by atoms with Crippen molar-refractivity contribution in [3.05, 3.63) is 47.6 Å². The maximum absolute atomic E-state index is 6.09. The van der Waals surface area contributed by atoms with Gasteiger partial charge in [0.2, 0.25) is 5.89 Å². The summed E-state index contributed by atoms with van der Waals surface area (Å²) in [5, 5.41) is 4.24. The fraction of sp³-hybridized carbons (Fsp3) is 0.529. The number of nitrogens with zero attached hydrogens (tertiary/aromatic N) is 2. The van der Waals surface area contributed by atoms with Crippen molar-refractivity contribution in [2.24, 2.45) is 5.73 Å². The summed E-state index contributed by atoms with van der Waals surface area (Å²) < 4.78 is 5.42. The molecule has 0 aliphatic carbocycles. The molecule has 0 amide bonds. The van der Waals surface area contributed by atoms with Gasteiger partial charge in [0, 0.05) is 0 Å². The monoisotopic (exact) mass is 287 g/mol. The lowest BCUT2D eigenvalue weighted by Crippen LogP contribution is -2.27. The minimum absolute atomic E-state index is 0.168. The summed E-state index contributed by atoms with van der Waals surface area (Å²) in [5.41, 5.74) is 7.12. The summed E-state index contributed by atoms with van der Waals surface area (Å²) >= 11 is 0. The van der Waals surface area contributed by atoms with Gasteiger partial charge in [-0.15, -0.1) is 0 Å². The van der Waals surface area contributed by atoms with Crippen LogP contribution in [0.3, 0.4) is 0 Å². The van der Waals surface area contributed by atoms with Crippen LogP contribution in [-0.4, -0.2) is 10.1 Å². The smallest absolute Gasteiger partial charge is 0.243 e. The number of nitrogens with two attached hydrogens (primary N) is 1. The summed E-state index contributed by atoms with van der Waals surface area (Å²) in [6.07, 6.45) is 3.72. The first-order valence-corrected chi connectivity index (χ1v) is 7.83. The Bertz CT molecular complexity index is 546. The van der Waals surface area contributed by atoms with E-state index in [1.54, 1.807) is 0 Å². The second-order valence-corrected chi connectivity index (χ2v) is 5.51. The molecule has 114 valence electrons. The van der Waals surface area contributed by atoms with Gasteiger partial charge in [-0.1, -0.05) is 62.7 Å². The van der Waals surface area contributed by atoms with E-state index in [2.05, 4.69) is 55.2 Å². The first-order valence-electron chi connectivity index (χ1n) is 7.83. The molecule has 1 atom stereocenters. The first kappa shape index (κ1) is 15.7. The third-order valence-electron chi connectivity index (χ3n) is 4.32. The Morgan fingerprint density at radius 3 is 2.38 bits per heavy atom. The zero-order valence-electron chi connectivity index (χ0n) is 13.2. The molecule has 1 aromatic heterocycles. The third kappa shape index (κ3) is 3.00. The number of rotatable bonds is 7. The van der Waals surface area contributed by atoms with Crippen molar-refractivity contribution >= 4 is 0 Å². The lowest BCUT2D eigenvalue weighted by molar-refractivity contribution is 0.333. The molecular formula is C17H25N3O. The van der Waals surface area contributed by atoms with Crippen molar-refractivity contribution in [1.29, 1.82) is 0 Å². The minimum Gasteiger partial charge on any atom is -0.338 e. The molecule has 0 saturated carbocycles. The van der Waals surface area contributed by atoms with Crippen molar-refractivity contribution < 1.29 is 4.52 Å². The van der Waals surface area contributed by atoms with Gasteiger partial charge in [0.25, 0.3) is 0 Å². The SMILES string of the molecule is CCCC(N)c1nc(C(CC)(CC)c2ccccc2)no1. The Hall–Kier alpha value is -1.68. The van der Waals surface area contributed by atoms with Crippen LogP contribution in [-0.2, 0) is 5.41 Å². The van der Waals surface area contributed by atoms with Crippen LogP contribution in [0.4, 0.5) is 0 Å². The van der Waals surface area contributed by atoms with E-state index in [1.165, 1.54) is 5.56 Å². The van der Waals surface area contributed by atoms with Crippen LogP contribution >= 0.6 is 0 Å². The predicted molar refractivity (Wildman–Crippen MR) is 83.9 cm³/mol. The zero-order chi connectivity index (χ0) is 15.3. The van der Waals surface area contributed by atoms with E-state index in [4.69, 9.17) is 10.3 Å². The summed E-state index contributed by atoms with van der Waals surface area (Å²) in [5.74, 6) is 1.30. The number of aromatic nitrogens is 2. The van der Waals surface area contributed by atoms with Gasteiger partial charge in [-0.2, -0.15) is 4.98 Å². The lowest BCUT2D eigenvalue weighted by Gasteiger charge is -2.28. The molecule has 0 bridgehead atoms. The molecule has 2 aromatic rings. The maximum atomic E-state index is 6.09. The molecule has 2 rings (SSSR count). The molecule has 1 aromatic carbocycles. The highest BCUT2D eigenvalue weighted by atomic mass is 16.5. The van der Waals surface area contributed by atoms with Crippen molar-refractivity contribution in [3.8, 4) is 0 Å². The van der Waals surface area contributed by atoms with Gasteiger partial charge < -0.3 is 10.3 Å². The molecule has 2 N–H and O–H groups in total. The van der Waals surface area contributed by atoms with Crippen LogP contribution in [0, 0.1) is 0 Å².